The summed E-state index contributed by atoms with van der Waals surface area (Å²) in [5.41, 5.74) is 42.3. The highest BCUT2D eigenvalue weighted by atomic mass is 15.4. The Bertz CT molecular complexity index is 6330. The highest BCUT2D eigenvalue weighted by Crippen LogP contribution is 2.50. The minimum Gasteiger partial charge on any atom is -0.355 e. The normalized spacial score (nSPS) is 13.2. The Kier molecular flexibility index (Phi) is 18.9. The van der Waals surface area contributed by atoms with Crippen molar-refractivity contribution < 1.29 is 0 Å². The molecule has 17 aromatic carbocycles. The summed E-state index contributed by atoms with van der Waals surface area (Å²) in [6, 6.07) is 147. The maximum Gasteiger partial charge on any atom is 0.159 e. The predicted octanol–water partition coefficient (Wildman–Crippen LogP) is 28.3. The SMILES string of the molecule is CN1CN(c2ccc(-c3ccccc3-c3cc(-c4ccccc4-c4ccc(-c5ncc(-c6ccccc6-c6cc(-c7ccccc7-c7ccc(N8CN(C)c9ccccc98)cc7)cc(-c7ccccc7-c7ccc(N8CN(C)c9ccccc98)cc7)c6)cn5)cc4)cc(-c4ccccc4-c4ccc(N5CN(C)c6ccccc65)cc4)c3)cc2)c2ccccc21. The second kappa shape index (κ2) is 31.4. The molecule has 10 nitrogen and oxygen atoms in total. The number of nitrogens with zero attached hydrogens (tertiary/aromatic N) is 10. The summed E-state index contributed by atoms with van der Waals surface area (Å²) in [6.07, 6.45) is 3.99. The van der Waals surface area contributed by atoms with Crippen molar-refractivity contribution in [2.24, 2.45) is 0 Å². The smallest absolute Gasteiger partial charge is 0.159 e. The molecule has 10 heteroatoms. The summed E-state index contributed by atoms with van der Waals surface area (Å²) in [7, 11) is 8.65. The zero-order chi connectivity index (χ0) is 82.9. The molecule has 4 aliphatic rings. The van der Waals surface area contributed by atoms with Crippen LogP contribution in [0.5, 0.6) is 0 Å². The van der Waals surface area contributed by atoms with Gasteiger partial charge in [0.25, 0.3) is 0 Å². The third-order valence-electron chi connectivity index (χ3n) is 25.4. The van der Waals surface area contributed by atoms with E-state index in [1.807, 2.05) is 12.4 Å². The fourth-order valence-electron chi connectivity index (χ4n) is 19.2. The van der Waals surface area contributed by atoms with Gasteiger partial charge >= 0.3 is 0 Å². The topological polar surface area (TPSA) is 51.7 Å². The Hall–Kier alpha value is -15.8. The first-order valence-electron chi connectivity index (χ1n) is 42.6. The van der Waals surface area contributed by atoms with Gasteiger partial charge in [-0.15, -0.1) is 0 Å². The van der Waals surface area contributed by atoms with Gasteiger partial charge < -0.3 is 39.2 Å². The summed E-state index contributed by atoms with van der Waals surface area (Å²) < 4.78 is 0. The molecule has 0 atom stereocenters. The standard InChI is InChI=1S/C114H88N10/c1-117-73-121(110-41-21-17-37-106(110)117)90-57-49-78(50-58-90)95-26-6-11-31-100(95)84-65-83(66-85(67-84)101-32-12-7-27-96(101)79-51-59-91(60-52-79)122-74-118(2)107-38-18-22-42-111(107)122)99-30-10-5-25-94(99)77-45-47-82(48-46-77)114-115-71-89(72-116-114)105-36-16-15-35-104(105)88-69-86(102-33-13-8-28-97(102)80-53-61-92(62-54-80)123-75-119(3)108-39-19-23-43-112(108)123)68-87(70-88)103-34-14-9-29-98(103)81-55-63-93(64-56-81)124-76-120(4)109-40-20-24-44-113(109)124/h5-72H,73-76H2,1-4H3. The number of benzene rings is 17. The van der Waals surface area contributed by atoms with E-state index in [0.29, 0.717) is 5.82 Å². The monoisotopic (exact) mass is 1600 g/mol. The van der Waals surface area contributed by atoms with Crippen LogP contribution >= 0.6 is 0 Å². The van der Waals surface area contributed by atoms with Crippen LogP contribution in [0.4, 0.5) is 68.2 Å². The van der Waals surface area contributed by atoms with Crippen LogP contribution in [0.15, 0.2) is 413 Å². The summed E-state index contributed by atoms with van der Waals surface area (Å²) >= 11 is 0. The molecule has 4 aliphatic heterocycles. The van der Waals surface area contributed by atoms with E-state index in [2.05, 4.69) is 468 Å². The van der Waals surface area contributed by atoms with Crippen LogP contribution in [-0.2, 0) is 0 Å². The number of aromatic nitrogens is 2. The third kappa shape index (κ3) is 13.6. The predicted molar refractivity (Wildman–Crippen MR) is 520 cm³/mol. The van der Waals surface area contributed by atoms with Crippen LogP contribution < -0.4 is 39.2 Å². The Balaban J connectivity index is 0.598. The number of hydrogen-bond donors (Lipinski definition) is 0. The van der Waals surface area contributed by atoms with Crippen molar-refractivity contribution in [1.29, 1.82) is 0 Å². The molecule has 0 saturated heterocycles. The molecule has 0 saturated carbocycles. The average Bonchev–Trinajstić information content (AvgIpc) is 1.71. The van der Waals surface area contributed by atoms with Crippen LogP contribution in [-0.4, -0.2) is 64.8 Å². The highest BCUT2D eigenvalue weighted by molar-refractivity contribution is 5.99. The number of rotatable bonds is 17. The van der Waals surface area contributed by atoms with Crippen LogP contribution in [0.1, 0.15) is 0 Å². The molecule has 0 bridgehead atoms. The van der Waals surface area contributed by atoms with Gasteiger partial charge in [0, 0.05) is 74.5 Å². The molecule has 0 radical (unpaired) electrons. The Morgan fingerprint density at radius 3 is 0.532 bits per heavy atom. The second-order valence-electron chi connectivity index (χ2n) is 33.0. The van der Waals surface area contributed by atoms with Gasteiger partial charge in [-0.3, -0.25) is 0 Å². The Morgan fingerprint density at radius 2 is 0.323 bits per heavy atom. The zero-order valence-electron chi connectivity index (χ0n) is 69.6. The molecule has 0 spiro atoms. The van der Waals surface area contributed by atoms with Gasteiger partial charge in [0.1, 0.15) is 0 Å². The molecule has 124 heavy (non-hydrogen) atoms. The van der Waals surface area contributed by atoms with Crippen molar-refractivity contribution in [3.8, 4) is 145 Å². The van der Waals surface area contributed by atoms with Gasteiger partial charge in [-0.25, -0.2) is 9.97 Å². The minimum absolute atomic E-state index is 0.650. The van der Waals surface area contributed by atoms with E-state index in [-0.39, 0.29) is 0 Å². The lowest BCUT2D eigenvalue weighted by Gasteiger charge is -2.21. The van der Waals surface area contributed by atoms with E-state index in [0.717, 1.165) is 177 Å². The van der Waals surface area contributed by atoms with Gasteiger partial charge in [0.15, 0.2) is 5.82 Å². The fourth-order valence-corrected chi connectivity index (χ4v) is 19.2. The quantitative estimate of drug-likeness (QED) is 0.0881. The molecular formula is C114H88N10. The number of para-hydroxylation sites is 8. The van der Waals surface area contributed by atoms with Gasteiger partial charge in [-0.05, 0) is 261 Å². The molecule has 18 aromatic rings. The molecule has 0 aliphatic carbocycles. The van der Waals surface area contributed by atoms with Gasteiger partial charge in [0.2, 0.25) is 0 Å². The van der Waals surface area contributed by atoms with E-state index < -0.39 is 0 Å². The van der Waals surface area contributed by atoms with E-state index in [9.17, 15) is 0 Å². The summed E-state index contributed by atoms with van der Waals surface area (Å²) in [5.74, 6) is 0.650. The van der Waals surface area contributed by atoms with Crippen molar-refractivity contribution in [3.63, 3.8) is 0 Å². The number of fused-ring (bicyclic) bond motifs is 4. The van der Waals surface area contributed by atoms with Crippen molar-refractivity contribution in [1.82, 2.24) is 9.97 Å². The van der Waals surface area contributed by atoms with Crippen LogP contribution in [0.2, 0.25) is 0 Å². The molecule has 0 unspecified atom stereocenters. The van der Waals surface area contributed by atoms with Crippen LogP contribution in [0.3, 0.4) is 0 Å². The van der Waals surface area contributed by atoms with Crippen molar-refractivity contribution >= 4 is 68.2 Å². The van der Waals surface area contributed by atoms with Gasteiger partial charge in [-0.1, -0.05) is 267 Å². The molecule has 1 aromatic heterocycles. The summed E-state index contributed by atoms with van der Waals surface area (Å²) in [5, 5.41) is 0. The maximum absolute atomic E-state index is 5.21. The fraction of sp³-hybridized carbons (Fsp3) is 0.0702. The molecule has 0 amide bonds. The average molecular weight is 1600 g/mol. The lowest BCUT2D eigenvalue weighted by Crippen LogP contribution is -2.23. The Labute approximate surface area is 725 Å². The van der Waals surface area contributed by atoms with Crippen LogP contribution in [0, 0.1) is 0 Å². The maximum atomic E-state index is 5.21. The zero-order valence-corrected chi connectivity index (χ0v) is 69.6. The van der Waals surface area contributed by atoms with Crippen molar-refractivity contribution in [2.75, 3.05) is 94.1 Å². The Morgan fingerprint density at radius 1 is 0.161 bits per heavy atom. The van der Waals surface area contributed by atoms with E-state index in [4.69, 9.17) is 9.97 Å². The van der Waals surface area contributed by atoms with Gasteiger partial charge in [0.05, 0.1) is 72.2 Å². The number of anilines is 12. The second-order valence-corrected chi connectivity index (χ2v) is 33.0. The molecule has 0 fully saturated rings. The number of hydrogen-bond acceptors (Lipinski definition) is 10. The first-order valence-corrected chi connectivity index (χ1v) is 42.6. The minimum atomic E-state index is 0.650. The molecule has 5 heterocycles. The van der Waals surface area contributed by atoms with Crippen molar-refractivity contribution in [3.05, 3.63) is 413 Å². The first kappa shape index (κ1) is 74.5. The van der Waals surface area contributed by atoms with E-state index in [1.165, 1.54) is 56.6 Å². The lowest BCUT2D eigenvalue weighted by atomic mass is 9.86. The molecule has 594 valence electrons. The summed E-state index contributed by atoms with van der Waals surface area (Å²) in [6.45, 7) is 3.16. The molecular weight excluding hydrogens is 1510 g/mol. The molecule has 22 rings (SSSR count). The lowest BCUT2D eigenvalue weighted by molar-refractivity contribution is 0.950. The molecule has 0 N–H and O–H groups in total. The highest BCUT2D eigenvalue weighted by Gasteiger charge is 2.30. The van der Waals surface area contributed by atoms with Gasteiger partial charge in [-0.2, -0.15) is 0 Å². The van der Waals surface area contributed by atoms with E-state index in [1.54, 1.807) is 0 Å². The van der Waals surface area contributed by atoms with E-state index >= 15 is 0 Å². The van der Waals surface area contributed by atoms with Crippen molar-refractivity contribution in [2.45, 2.75) is 0 Å². The first-order chi connectivity index (χ1) is 61.1. The van der Waals surface area contributed by atoms with Crippen LogP contribution in [0.25, 0.3) is 145 Å². The summed E-state index contributed by atoms with van der Waals surface area (Å²) in [4.78, 5) is 29.2. The largest absolute Gasteiger partial charge is 0.355 e. The third-order valence-corrected chi connectivity index (χ3v) is 25.4.